The zero-order valence-corrected chi connectivity index (χ0v) is 10.6. The van der Waals surface area contributed by atoms with Gasteiger partial charge in [0.15, 0.2) is 11.5 Å². The molecule has 1 aromatic rings. The minimum Gasteiger partial charge on any atom is -0.468 e. The van der Waals surface area contributed by atoms with Crippen LogP contribution in [0.2, 0.25) is 0 Å². The Bertz CT molecular complexity index is 419. The second-order valence-corrected chi connectivity index (χ2v) is 4.83. The van der Waals surface area contributed by atoms with Gasteiger partial charge in [0, 0.05) is 4.90 Å². The van der Waals surface area contributed by atoms with Gasteiger partial charge in [0.25, 0.3) is 0 Å². The van der Waals surface area contributed by atoms with Crippen LogP contribution in [-0.2, 0) is 9.53 Å². The minimum atomic E-state index is -0.199. The fraction of sp³-hybridized carbons (Fsp3) is 0.417. The van der Waals surface area contributed by atoms with E-state index in [1.807, 2.05) is 25.1 Å². The van der Waals surface area contributed by atoms with E-state index >= 15 is 0 Å². The number of esters is 1. The molecule has 0 aliphatic carbocycles. The van der Waals surface area contributed by atoms with Crippen molar-refractivity contribution in [2.24, 2.45) is 0 Å². The first-order valence-corrected chi connectivity index (χ1v) is 6.26. The third kappa shape index (κ3) is 2.66. The van der Waals surface area contributed by atoms with Crippen molar-refractivity contribution in [1.82, 2.24) is 0 Å². The molecule has 0 amide bonds. The van der Waals surface area contributed by atoms with Gasteiger partial charge in [-0.25, -0.2) is 0 Å². The Morgan fingerprint density at radius 2 is 2.24 bits per heavy atom. The molecule has 1 atom stereocenters. The highest BCUT2D eigenvalue weighted by Crippen LogP contribution is 2.37. The van der Waals surface area contributed by atoms with Gasteiger partial charge in [-0.2, -0.15) is 0 Å². The zero-order chi connectivity index (χ0) is 12.3. The quantitative estimate of drug-likeness (QED) is 0.610. The Morgan fingerprint density at radius 1 is 1.47 bits per heavy atom. The summed E-state index contributed by atoms with van der Waals surface area (Å²) in [6, 6.07) is 5.66. The summed E-state index contributed by atoms with van der Waals surface area (Å²) in [5.74, 6) is 1.28. The monoisotopic (exact) mass is 254 g/mol. The smallest absolute Gasteiger partial charge is 0.319 e. The largest absolute Gasteiger partial charge is 0.468 e. The van der Waals surface area contributed by atoms with Crippen molar-refractivity contribution in [3.63, 3.8) is 0 Å². The van der Waals surface area contributed by atoms with Crippen LogP contribution >= 0.6 is 11.8 Å². The number of fused-ring (bicyclic) bond motifs is 1. The number of thioether (sulfide) groups is 1. The molecular formula is C12H14O4S. The summed E-state index contributed by atoms with van der Waals surface area (Å²) >= 11 is 1.48. The molecule has 0 aromatic heterocycles. The van der Waals surface area contributed by atoms with Crippen LogP contribution in [0.3, 0.4) is 0 Å². The van der Waals surface area contributed by atoms with Crippen molar-refractivity contribution >= 4 is 17.7 Å². The molecule has 1 heterocycles. The van der Waals surface area contributed by atoms with E-state index in [2.05, 4.69) is 0 Å². The predicted molar refractivity (Wildman–Crippen MR) is 64.5 cm³/mol. The van der Waals surface area contributed by atoms with E-state index in [0.29, 0.717) is 0 Å². The third-order valence-corrected chi connectivity index (χ3v) is 3.79. The molecular weight excluding hydrogens is 240 g/mol. The summed E-state index contributed by atoms with van der Waals surface area (Å²) in [4.78, 5) is 12.5. The van der Waals surface area contributed by atoms with Crippen LogP contribution in [-0.4, -0.2) is 25.1 Å². The van der Waals surface area contributed by atoms with Gasteiger partial charge >= 0.3 is 5.97 Å². The van der Waals surface area contributed by atoms with E-state index in [1.54, 1.807) is 0 Å². The molecule has 0 spiro atoms. The summed E-state index contributed by atoms with van der Waals surface area (Å²) in [6.45, 7) is 2.22. The van der Waals surface area contributed by atoms with Crippen LogP contribution in [0, 0.1) is 0 Å². The van der Waals surface area contributed by atoms with Gasteiger partial charge in [-0.15, -0.1) is 11.8 Å². The molecule has 1 aromatic carbocycles. The lowest BCUT2D eigenvalue weighted by atomic mass is 10.3. The van der Waals surface area contributed by atoms with Gasteiger partial charge in [-0.3, -0.25) is 4.79 Å². The standard InChI is InChI=1S/C12H14O4S/c1-3-11(12(13)14-2)17-8-4-5-9-10(6-8)16-7-15-9/h4-6,11H,3,7H2,1-2H3. The Morgan fingerprint density at radius 3 is 2.94 bits per heavy atom. The maximum atomic E-state index is 11.5. The van der Waals surface area contributed by atoms with Crippen LogP contribution in [0.15, 0.2) is 23.1 Å². The average Bonchev–Trinajstić information content (AvgIpc) is 2.82. The molecule has 0 bridgehead atoms. The fourth-order valence-corrected chi connectivity index (χ4v) is 2.55. The summed E-state index contributed by atoms with van der Waals surface area (Å²) in [6.07, 6.45) is 0.728. The van der Waals surface area contributed by atoms with Crippen molar-refractivity contribution in [1.29, 1.82) is 0 Å². The van der Waals surface area contributed by atoms with Crippen molar-refractivity contribution in [2.75, 3.05) is 13.9 Å². The number of rotatable bonds is 4. The van der Waals surface area contributed by atoms with Gasteiger partial charge in [0.05, 0.1) is 7.11 Å². The molecule has 17 heavy (non-hydrogen) atoms. The highest BCUT2D eigenvalue weighted by Gasteiger charge is 2.20. The van der Waals surface area contributed by atoms with Crippen molar-refractivity contribution in [3.05, 3.63) is 18.2 Å². The first-order valence-electron chi connectivity index (χ1n) is 5.38. The molecule has 0 saturated heterocycles. The molecule has 0 fully saturated rings. The van der Waals surface area contributed by atoms with Crippen molar-refractivity contribution < 1.29 is 19.0 Å². The SMILES string of the molecule is CCC(Sc1ccc2c(c1)OCO2)C(=O)OC. The van der Waals surface area contributed by atoms with E-state index in [0.717, 1.165) is 22.8 Å². The van der Waals surface area contributed by atoms with Gasteiger partial charge in [-0.05, 0) is 24.6 Å². The van der Waals surface area contributed by atoms with Crippen LogP contribution in [0.25, 0.3) is 0 Å². The number of hydrogen-bond donors (Lipinski definition) is 0. The molecule has 2 rings (SSSR count). The highest BCUT2D eigenvalue weighted by molar-refractivity contribution is 8.00. The first kappa shape index (κ1) is 12.1. The Kier molecular flexibility index (Phi) is 3.78. The Balaban J connectivity index is 2.10. The van der Waals surface area contributed by atoms with Crippen molar-refractivity contribution in [2.45, 2.75) is 23.5 Å². The van der Waals surface area contributed by atoms with E-state index in [-0.39, 0.29) is 18.0 Å². The first-order chi connectivity index (χ1) is 8.24. The molecule has 1 unspecified atom stereocenters. The summed E-state index contributed by atoms with van der Waals surface area (Å²) in [5, 5.41) is -0.180. The maximum absolute atomic E-state index is 11.5. The highest BCUT2D eigenvalue weighted by atomic mass is 32.2. The molecule has 1 aliphatic heterocycles. The number of carbonyl (C=O) groups is 1. The van der Waals surface area contributed by atoms with E-state index in [9.17, 15) is 4.79 Å². The lowest BCUT2D eigenvalue weighted by molar-refractivity contribution is -0.140. The number of carbonyl (C=O) groups excluding carboxylic acids is 1. The summed E-state index contributed by atoms with van der Waals surface area (Å²) < 4.78 is 15.3. The van der Waals surface area contributed by atoms with Crippen molar-refractivity contribution in [3.8, 4) is 11.5 Å². The van der Waals surface area contributed by atoms with Crippen LogP contribution in [0.1, 0.15) is 13.3 Å². The van der Waals surface area contributed by atoms with Gasteiger partial charge in [0.2, 0.25) is 6.79 Å². The lowest BCUT2D eigenvalue weighted by Crippen LogP contribution is -2.17. The second-order valence-electron chi connectivity index (χ2n) is 3.55. The minimum absolute atomic E-state index is 0.180. The van der Waals surface area contributed by atoms with Gasteiger partial charge in [-0.1, -0.05) is 6.92 Å². The molecule has 0 N–H and O–H groups in total. The Hall–Kier alpha value is -1.36. The second kappa shape index (κ2) is 5.31. The fourth-order valence-electron chi connectivity index (χ4n) is 1.54. The van der Waals surface area contributed by atoms with Gasteiger partial charge < -0.3 is 14.2 Å². The normalized spacial score (nSPS) is 14.5. The lowest BCUT2D eigenvalue weighted by Gasteiger charge is -2.11. The maximum Gasteiger partial charge on any atom is 0.319 e. The zero-order valence-electron chi connectivity index (χ0n) is 9.76. The summed E-state index contributed by atoms with van der Waals surface area (Å²) in [7, 11) is 1.41. The number of hydrogen-bond acceptors (Lipinski definition) is 5. The van der Waals surface area contributed by atoms with Crippen LogP contribution in [0.5, 0.6) is 11.5 Å². The molecule has 0 radical (unpaired) electrons. The number of ether oxygens (including phenoxy) is 3. The number of benzene rings is 1. The molecule has 92 valence electrons. The molecule has 0 saturated carbocycles. The van der Waals surface area contributed by atoms with E-state index < -0.39 is 0 Å². The molecule has 1 aliphatic rings. The average molecular weight is 254 g/mol. The van der Waals surface area contributed by atoms with Crippen LogP contribution in [0.4, 0.5) is 0 Å². The predicted octanol–water partition coefficient (Wildman–Crippen LogP) is 2.46. The summed E-state index contributed by atoms with van der Waals surface area (Å²) in [5.41, 5.74) is 0. The van der Waals surface area contributed by atoms with Crippen LogP contribution < -0.4 is 9.47 Å². The van der Waals surface area contributed by atoms with E-state index in [4.69, 9.17) is 14.2 Å². The third-order valence-electron chi connectivity index (χ3n) is 2.46. The Labute approximate surface area is 104 Å². The van der Waals surface area contributed by atoms with Gasteiger partial charge in [0.1, 0.15) is 5.25 Å². The molecule has 4 nitrogen and oxygen atoms in total. The van der Waals surface area contributed by atoms with E-state index in [1.165, 1.54) is 18.9 Å². The topological polar surface area (TPSA) is 44.8 Å². The molecule has 5 heteroatoms. The number of methoxy groups -OCH3 is 1.